The monoisotopic (exact) mass is 310 g/mol. The van der Waals surface area contributed by atoms with Crippen molar-refractivity contribution in [3.63, 3.8) is 0 Å². The highest BCUT2D eigenvalue weighted by molar-refractivity contribution is 7.89. The van der Waals surface area contributed by atoms with Crippen LogP contribution in [-0.4, -0.2) is 31.9 Å². The molecule has 1 N–H and O–H groups in total. The minimum atomic E-state index is -3.37. The second-order valence-electron chi connectivity index (χ2n) is 6.00. The van der Waals surface area contributed by atoms with Gasteiger partial charge in [0.15, 0.2) is 0 Å². The van der Waals surface area contributed by atoms with Gasteiger partial charge in [-0.1, -0.05) is 32.9 Å². The third-order valence-electron chi connectivity index (χ3n) is 4.10. The van der Waals surface area contributed by atoms with Crippen LogP contribution >= 0.6 is 0 Å². The van der Waals surface area contributed by atoms with Crippen LogP contribution in [0, 0.1) is 5.92 Å². The van der Waals surface area contributed by atoms with Gasteiger partial charge in [0.05, 0.1) is 4.90 Å². The highest BCUT2D eigenvalue weighted by Gasteiger charge is 2.36. The van der Waals surface area contributed by atoms with Crippen molar-refractivity contribution in [3.8, 4) is 0 Å². The van der Waals surface area contributed by atoms with Crippen molar-refractivity contribution in [2.45, 2.75) is 51.1 Å². The van der Waals surface area contributed by atoms with E-state index in [0.29, 0.717) is 23.9 Å². The van der Waals surface area contributed by atoms with Gasteiger partial charge in [0.25, 0.3) is 0 Å². The van der Waals surface area contributed by atoms with Crippen molar-refractivity contribution in [2.24, 2.45) is 5.92 Å². The Morgan fingerprint density at radius 3 is 2.81 bits per heavy atom. The van der Waals surface area contributed by atoms with Gasteiger partial charge in [0.2, 0.25) is 10.0 Å². The van der Waals surface area contributed by atoms with Gasteiger partial charge in [-0.05, 0) is 43.0 Å². The lowest BCUT2D eigenvalue weighted by atomic mass is 10.0. The lowest BCUT2D eigenvalue weighted by molar-refractivity contribution is 0.315. The zero-order chi connectivity index (χ0) is 15.5. The molecule has 2 rings (SSSR count). The fourth-order valence-electron chi connectivity index (χ4n) is 2.95. The fraction of sp³-hybridized carbons (Fsp3) is 0.625. The van der Waals surface area contributed by atoms with E-state index in [2.05, 4.69) is 19.2 Å². The molecule has 0 amide bonds. The first-order chi connectivity index (χ1) is 9.96. The fourth-order valence-corrected chi connectivity index (χ4v) is 4.85. The summed E-state index contributed by atoms with van der Waals surface area (Å²) >= 11 is 0. The molecule has 118 valence electrons. The topological polar surface area (TPSA) is 49.4 Å². The molecule has 1 fully saturated rings. The number of hydrogen-bond donors (Lipinski definition) is 1. The molecule has 5 heteroatoms. The van der Waals surface area contributed by atoms with Gasteiger partial charge in [-0.3, -0.25) is 0 Å². The van der Waals surface area contributed by atoms with Gasteiger partial charge in [0.1, 0.15) is 0 Å². The Hall–Kier alpha value is -0.910. The lowest BCUT2D eigenvalue weighted by Crippen LogP contribution is -2.38. The van der Waals surface area contributed by atoms with Gasteiger partial charge >= 0.3 is 0 Å². The van der Waals surface area contributed by atoms with Crippen molar-refractivity contribution in [1.29, 1.82) is 0 Å². The van der Waals surface area contributed by atoms with E-state index in [-0.39, 0.29) is 6.04 Å². The van der Waals surface area contributed by atoms with Crippen molar-refractivity contribution in [1.82, 2.24) is 9.62 Å². The predicted molar refractivity (Wildman–Crippen MR) is 85.6 cm³/mol. The summed E-state index contributed by atoms with van der Waals surface area (Å²) in [4.78, 5) is 0.422. The normalized spacial score (nSPS) is 20.3. The quantitative estimate of drug-likeness (QED) is 0.878. The van der Waals surface area contributed by atoms with E-state index in [9.17, 15) is 8.42 Å². The molecule has 1 saturated heterocycles. The van der Waals surface area contributed by atoms with Crippen molar-refractivity contribution >= 4 is 10.0 Å². The molecule has 0 aromatic heterocycles. The smallest absolute Gasteiger partial charge is 0.243 e. The molecule has 4 nitrogen and oxygen atoms in total. The molecule has 0 spiro atoms. The standard InChI is InChI=1S/C16H26N2O2S/c1-4-17-12-14-7-5-8-15(11-14)21(19,20)18-10-6-9-16(18)13(2)3/h5,7-8,11,13,16-17H,4,6,9-10,12H2,1-3H3. The Bertz CT molecular complexity index is 569. The molecule has 1 atom stereocenters. The lowest BCUT2D eigenvalue weighted by Gasteiger charge is -2.27. The molecular formula is C16H26N2O2S. The van der Waals surface area contributed by atoms with Crippen molar-refractivity contribution < 1.29 is 8.42 Å². The molecule has 1 aliphatic rings. The van der Waals surface area contributed by atoms with Gasteiger partial charge in [-0.15, -0.1) is 0 Å². The summed E-state index contributed by atoms with van der Waals surface area (Å²) < 4.78 is 27.5. The first kappa shape index (κ1) is 16.5. The zero-order valence-electron chi connectivity index (χ0n) is 13.2. The summed E-state index contributed by atoms with van der Waals surface area (Å²) in [5.41, 5.74) is 1.01. The average Bonchev–Trinajstić information content (AvgIpc) is 2.96. The second-order valence-corrected chi connectivity index (χ2v) is 7.89. The van der Waals surface area contributed by atoms with Crippen molar-refractivity contribution in [2.75, 3.05) is 13.1 Å². The van der Waals surface area contributed by atoms with Crippen molar-refractivity contribution in [3.05, 3.63) is 29.8 Å². The first-order valence-corrected chi connectivity index (χ1v) is 9.22. The summed E-state index contributed by atoms with van der Waals surface area (Å²) in [6.07, 6.45) is 1.92. The van der Waals surface area contributed by atoms with Crippen LogP contribution in [0.15, 0.2) is 29.2 Å². The molecule has 0 saturated carbocycles. The number of nitrogens with one attached hydrogen (secondary N) is 1. The van der Waals surface area contributed by atoms with Crippen LogP contribution in [0.1, 0.15) is 39.2 Å². The highest BCUT2D eigenvalue weighted by atomic mass is 32.2. The molecular weight excluding hydrogens is 284 g/mol. The van der Waals surface area contributed by atoms with E-state index in [0.717, 1.165) is 24.9 Å². The van der Waals surface area contributed by atoms with Crippen LogP contribution < -0.4 is 5.32 Å². The number of hydrogen-bond acceptors (Lipinski definition) is 3. The third kappa shape index (κ3) is 3.65. The van der Waals surface area contributed by atoms with E-state index in [4.69, 9.17) is 0 Å². The predicted octanol–water partition coefficient (Wildman–Crippen LogP) is 2.61. The second kappa shape index (κ2) is 6.90. The molecule has 1 aromatic rings. The van der Waals surface area contributed by atoms with Crippen LogP contribution in [0.25, 0.3) is 0 Å². The molecule has 0 bridgehead atoms. The van der Waals surface area contributed by atoms with Crippen LogP contribution in [0.3, 0.4) is 0 Å². The van der Waals surface area contributed by atoms with Gasteiger partial charge in [-0.25, -0.2) is 8.42 Å². The molecule has 1 unspecified atom stereocenters. The summed E-state index contributed by atoms with van der Waals surface area (Å²) in [5.74, 6) is 0.354. The largest absolute Gasteiger partial charge is 0.313 e. The molecule has 21 heavy (non-hydrogen) atoms. The van der Waals surface area contributed by atoms with E-state index < -0.39 is 10.0 Å². The zero-order valence-corrected chi connectivity index (χ0v) is 14.0. The number of benzene rings is 1. The van der Waals surface area contributed by atoms with Gasteiger partial charge < -0.3 is 5.32 Å². The first-order valence-electron chi connectivity index (χ1n) is 7.78. The number of nitrogens with zero attached hydrogens (tertiary/aromatic N) is 1. The van der Waals surface area contributed by atoms with Gasteiger partial charge in [0, 0.05) is 19.1 Å². The maximum atomic E-state index is 12.9. The summed E-state index contributed by atoms with van der Waals surface area (Å²) in [6, 6.07) is 7.44. The Morgan fingerprint density at radius 1 is 1.38 bits per heavy atom. The highest BCUT2D eigenvalue weighted by Crippen LogP contribution is 2.30. The van der Waals surface area contributed by atoms with Crippen LogP contribution in [0.2, 0.25) is 0 Å². The Kier molecular flexibility index (Phi) is 5.41. The SMILES string of the molecule is CCNCc1cccc(S(=O)(=O)N2CCCC2C(C)C)c1. The summed E-state index contributed by atoms with van der Waals surface area (Å²) in [7, 11) is -3.37. The molecule has 0 radical (unpaired) electrons. The molecule has 1 aliphatic heterocycles. The Labute approximate surface area is 128 Å². The minimum absolute atomic E-state index is 0.132. The maximum Gasteiger partial charge on any atom is 0.243 e. The molecule has 0 aliphatic carbocycles. The average molecular weight is 310 g/mol. The third-order valence-corrected chi connectivity index (χ3v) is 6.02. The maximum absolute atomic E-state index is 12.9. The van der Waals surface area contributed by atoms with E-state index in [1.54, 1.807) is 16.4 Å². The Morgan fingerprint density at radius 2 is 2.14 bits per heavy atom. The number of rotatable bonds is 6. The molecule has 1 aromatic carbocycles. The summed E-state index contributed by atoms with van der Waals surface area (Å²) in [6.45, 7) is 8.45. The Balaban J connectivity index is 2.27. The molecule has 1 heterocycles. The van der Waals surface area contributed by atoms with Gasteiger partial charge in [-0.2, -0.15) is 4.31 Å². The van der Waals surface area contributed by atoms with Crippen LogP contribution in [0.4, 0.5) is 0 Å². The van der Waals surface area contributed by atoms with E-state index in [1.165, 1.54) is 0 Å². The van der Waals surface area contributed by atoms with Crippen LogP contribution in [-0.2, 0) is 16.6 Å². The summed E-state index contributed by atoms with van der Waals surface area (Å²) in [5, 5.41) is 3.23. The number of sulfonamides is 1. The van der Waals surface area contributed by atoms with Crippen LogP contribution in [0.5, 0.6) is 0 Å². The van der Waals surface area contributed by atoms with E-state index >= 15 is 0 Å². The minimum Gasteiger partial charge on any atom is -0.313 e. The van der Waals surface area contributed by atoms with E-state index in [1.807, 2.05) is 19.1 Å².